The van der Waals surface area contributed by atoms with E-state index in [1.165, 1.54) is 6.92 Å². The van der Waals surface area contributed by atoms with E-state index < -0.39 is 49.5 Å². The maximum Gasteiger partial charge on any atom is 0.329 e. The van der Waals surface area contributed by atoms with Crippen molar-refractivity contribution in [2.24, 2.45) is 0 Å². The Bertz CT molecular complexity index is 925. The first-order valence-corrected chi connectivity index (χ1v) is 10.7. The van der Waals surface area contributed by atoms with Gasteiger partial charge in [-0.1, -0.05) is 60.7 Å². The van der Waals surface area contributed by atoms with Crippen molar-refractivity contribution in [2.75, 3.05) is 13.2 Å². The van der Waals surface area contributed by atoms with E-state index in [9.17, 15) is 14.7 Å². The third kappa shape index (κ3) is 5.95. The molecule has 33 heavy (non-hydrogen) atoms. The van der Waals surface area contributed by atoms with E-state index in [4.69, 9.17) is 23.7 Å². The number of rotatable bonds is 8. The molecule has 2 aliphatic rings. The highest BCUT2D eigenvalue weighted by Gasteiger charge is 2.51. The highest BCUT2D eigenvalue weighted by molar-refractivity contribution is 5.73. The molecule has 9 heteroatoms. The van der Waals surface area contributed by atoms with Crippen LogP contribution in [0.1, 0.15) is 24.3 Å². The maximum atomic E-state index is 12.0. The normalized spacial score (nSPS) is 29.1. The molecule has 0 radical (unpaired) electrons. The van der Waals surface area contributed by atoms with Gasteiger partial charge in [-0.15, -0.1) is 0 Å². The first-order chi connectivity index (χ1) is 16.0. The van der Waals surface area contributed by atoms with E-state index in [1.54, 1.807) is 0 Å². The van der Waals surface area contributed by atoms with E-state index in [0.29, 0.717) is 0 Å². The molecule has 0 bridgehead atoms. The molecule has 0 aromatic heterocycles. The monoisotopic (exact) mass is 457 g/mol. The van der Waals surface area contributed by atoms with E-state index in [1.807, 2.05) is 60.7 Å². The van der Waals surface area contributed by atoms with Crippen LogP contribution in [0.25, 0.3) is 0 Å². The van der Waals surface area contributed by atoms with Crippen molar-refractivity contribution in [2.45, 2.75) is 50.5 Å². The van der Waals surface area contributed by atoms with E-state index >= 15 is 0 Å². The SMILES string of the molecule is CC(=O)N[C@@H]1[C@H](OCc2ccccc2)O[C@@H]2CO[C@H](c3ccccc3)O[C@@H]2[C@@H]1OCC(=O)O. The van der Waals surface area contributed by atoms with Crippen LogP contribution in [0.2, 0.25) is 0 Å². The topological polar surface area (TPSA) is 113 Å². The molecule has 0 aliphatic carbocycles. The molecule has 2 aromatic carbocycles. The summed E-state index contributed by atoms with van der Waals surface area (Å²) in [6.07, 6.45) is -3.66. The molecular weight excluding hydrogens is 430 g/mol. The molecule has 2 N–H and O–H groups in total. The summed E-state index contributed by atoms with van der Waals surface area (Å²) in [6.45, 7) is 1.23. The standard InChI is InChI=1S/C24H27NO8/c1-15(26)25-20-22(29-14-19(27)28)21-18(13-31-23(33-21)17-10-6-3-7-11-17)32-24(20)30-12-16-8-4-2-5-9-16/h2-11,18,20-24H,12-14H2,1H3,(H,25,26)(H,27,28)/t18-,20+,21+,22-,23+,24-/m1/s1. The van der Waals surface area contributed by atoms with Crippen LogP contribution in [-0.2, 0) is 39.9 Å². The van der Waals surface area contributed by atoms with Gasteiger partial charge in [-0.25, -0.2) is 4.79 Å². The Morgan fingerprint density at radius 1 is 1.03 bits per heavy atom. The van der Waals surface area contributed by atoms with Crippen molar-refractivity contribution in [3.05, 3.63) is 71.8 Å². The van der Waals surface area contributed by atoms with Crippen molar-refractivity contribution < 1.29 is 38.4 Å². The molecule has 2 aromatic rings. The second kappa shape index (κ2) is 10.9. The fraction of sp³-hybridized carbons (Fsp3) is 0.417. The number of carboxylic acid groups (broad SMARTS) is 1. The number of amides is 1. The van der Waals surface area contributed by atoms with Gasteiger partial charge in [0.05, 0.1) is 13.2 Å². The van der Waals surface area contributed by atoms with Gasteiger partial charge < -0.3 is 34.1 Å². The number of benzene rings is 2. The Labute approximate surface area is 191 Å². The predicted octanol–water partition coefficient (Wildman–Crippen LogP) is 2.02. The third-order valence-electron chi connectivity index (χ3n) is 5.44. The Morgan fingerprint density at radius 3 is 2.39 bits per heavy atom. The number of aliphatic carboxylic acids is 1. The molecule has 2 heterocycles. The van der Waals surface area contributed by atoms with E-state index in [0.717, 1.165) is 11.1 Å². The van der Waals surface area contributed by atoms with Crippen molar-refractivity contribution in [3.63, 3.8) is 0 Å². The molecule has 9 nitrogen and oxygen atoms in total. The summed E-state index contributed by atoms with van der Waals surface area (Å²) in [5.74, 6) is -1.46. The number of ether oxygens (including phenoxy) is 5. The zero-order chi connectivity index (χ0) is 23.2. The van der Waals surface area contributed by atoms with Crippen molar-refractivity contribution in [3.8, 4) is 0 Å². The minimum Gasteiger partial charge on any atom is -0.480 e. The first kappa shape index (κ1) is 23.3. The fourth-order valence-electron chi connectivity index (χ4n) is 4.00. The lowest BCUT2D eigenvalue weighted by Gasteiger charge is -2.49. The maximum absolute atomic E-state index is 12.0. The van der Waals surface area contributed by atoms with Crippen LogP contribution in [0.15, 0.2) is 60.7 Å². The van der Waals surface area contributed by atoms with Crippen LogP contribution in [0.5, 0.6) is 0 Å². The average Bonchev–Trinajstić information content (AvgIpc) is 2.82. The molecule has 0 spiro atoms. The van der Waals surface area contributed by atoms with Crippen LogP contribution in [0, 0.1) is 0 Å². The smallest absolute Gasteiger partial charge is 0.329 e. The van der Waals surface area contributed by atoms with Gasteiger partial charge >= 0.3 is 5.97 Å². The number of fused-ring (bicyclic) bond motifs is 1. The van der Waals surface area contributed by atoms with Gasteiger partial charge in [0.2, 0.25) is 5.91 Å². The molecular formula is C24H27NO8. The molecule has 2 fully saturated rings. The van der Waals surface area contributed by atoms with Gasteiger partial charge in [0, 0.05) is 12.5 Å². The Balaban J connectivity index is 1.56. The average molecular weight is 457 g/mol. The molecule has 2 aliphatic heterocycles. The number of carbonyl (C=O) groups is 2. The lowest BCUT2D eigenvalue weighted by atomic mass is 9.95. The number of hydrogen-bond acceptors (Lipinski definition) is 7. The highest BCUT2D eigenvalue weighted by atomic mass is 16.8. The lowest BCUT2D eigenvalue weighted by Crippen LogP contribution is -2.67. The quantitative estimate of drug-likeness (QED) is 0.619. The van der Waals surface area contributed by atoms with Gasteiger partial charge in [-0.2, -0.15) is 0 Å². The van der Waals surface area contributed by atoms with Crippen LogP contribution in [0.3, 0.4) is 0 Å². The molecule has 4 rings (SSSR count). The second-order valence-electron chi connectivity index (χ2n) is 7.91. The summed E-state index contributed by atoms with van der Waals surface area (Å²) >= 11 is 0. The van der Waals surface area contributed by atoms with E-state index in [-0.39, 0.29) is 19.1 Å². The number of carbonyl (C=O) groups excluding carboxylic acids is 1. The summed E-state index contributed by atoms with van der Waals surface area (Å²) < 4.78 is 29.9. The molecule has 0 saturated carbocycles. The van der Waals surface area contributed by atoms with Crippen LogP contribution < -0.4 is 5.32 Å². The zero-order valence-electron chi connectivity index (χ0n) is 18.2. The molecule has 6 atom stereocenters. The van der Waals surface area contributed by atoms with Gasteiger partial charge in [-0.05, 0) is 5.56 Å². The van der Waals surface area contributed by atoms with Crippen LogP contribution >= 0.6 is 0 Å². The minimum absolute atomic E-state index is 0.190. The zero-order valence-corrected chi connectivity index (χ0v) is 18.2. The Morgan fingerprint density at radius 2 is 1.73 bits per heavy atom. The fourth-order valence-corrected chi connectivity index (χ4v) is 4.00. The number of hydrogen-bond donors (Lipinski definition) is 2. The van der Waals surface area contributed by atoms with Crippen LogP contribution in [-0.4, -0.2) is 60.8 Å². The highest BCUT2D eigenvalue weighted by Crippen LogP contribution is 2.35. The third-order valence-corrected chi connectivity index (χ3v) is 5.44. The Kier molecular flexibility index (Phi) is 7.69. The number of carboxylic acids is 1. The van der Waals surface area contributed by atoms with Gasteiger partial charge in [0.15, 0.2) is 12.6 Å². The van der Waals surface area contributed by atoms with Gasteiger partial charge in [0.25, 0.3) is 0 Å². The van der Waals surface area contributed by atoms with Crippen molar-refractivity contribution >= 4 is 11.9 Å². The Hall–Kier alpha value is -2.82. The summed E-state index contributed by atoms with van der Waals surface area (Å²) in [7, 11) is 0. The van der Waals surface area contributed by atoms with Gasteiger partial charge in [0.1, 0.15) is 31.0 Å². The summed E-state index contributed by atoms with van der Waals surface area (Å²) in [4.78, 5) is 23.3. The molecule has 2 saturated heterocycles. The summed E-state index contributed by atoms with van der Waals surface area (Å²) in [5.41, 5.74) is 1.74. The molecule has 0 unspecified atom stereocenters. The molecule has 1 amide bonds. The number of nitrogens with one attached hydrogen (secondary N) is 1. The minimum atomic E-state index is -1.13. The first-order valence-electron chi connectivity index (χ1n) is 10.7. The van der Waals surface area contributed by atoms with E-state index in [2.05, 4.69) is 5.32 Å². The summed E-state index contributed by atoms with van der Waals surface area (Å²) in [6, 6.07) is 18.1. The van der Waals surface area contributed by atoms with Crippen molar-refractivity contribution in [1.82, 2.24) is 5.32 Å². The molecule has 176 valence electrons. The predicted molar refractivity (Wildman–Crippen MR) is 115 cm³/mol. The van der Waals surface area contributed by atoms with Crippen molar-refractivity contribution in [1.29, 1.82) is 0 Å². The van der Waals surface area contributed by atoms with Gasteiger partial charge in [-0.3, -0.25) is 4.79 Å². The second-order valence-corrected chi connectivity index (χ2v) is 7.91. The lowest BCUT2D eigenvalue weighted by molar-refractivity contribution is -0.349. The van der Waals surface area contributed by atoms with Crippen LogP contribution in [0.4, 0.5) is 0 Å². The largest absolute Gasteiger partial charge is 0.480 e. The summed E-state index contributed by atoms with van der Waals surface area (Å²) in [5, 5.41) is 12.0.